The highest BCUT2D eigenvalue weighted by molar-refractivity contribution is 5.74. The van der Waals surface area contributed by atoms with Gasteiger partial charge in [0.15, 0.2) is 0 Å². The van der Waals surface area contributed by atoms with Gasteiger partial charge in [-0.05, 0) is 30.5 Å². The minimum Gasteiger partial charge on any atom is -0.394 e. The number of rotatable bonds is 3. The minimum atomic E-state index is -0.0987. The monoisotopic (exact) mass is 235 g/mol. The summed E-state index contributed by atoms with van der Waals surface area (Å²) in [7, 11) is 0. The van der Waals surface area contributed by atoms with Crippen molar-refractivity contribution >= 4 is 6.03 Å². The van der Waals surface area contributed by atoms with Crippen molar-refractivity contribution in [3.8, 4) is 0 Å². The summed E-state index contributed by atoms with van der Waals surface area (Å²) in [5, 5.41) is 12.0. The van der Waals surface area contributed by atoms with Gasteiger partial charge in [0.05, 0.1) is 12.6 Å². The molecule has 17 heavy (non-hydrogen) atoms. The average Bonchev–Trinajstić information content (AvgIpc) is 2.85. The maximum absolute atomic E-state index is 11.9. The number of pyridine rings is 1. The lowest BCUT2D eigenvalue weighted by molar-refractivity contribution is 0.157. The molecule has 1 atom stereocenters. The molecule has 1 aromatic heterocycles. The molecule has 1 aliphatic heterocycles. The molecule has 0 spiro atoms. The number of aliphatic hydroxyl groups excluding tert-OH is 1. The Morgan fingerprint density at radius 3 is 3.00 bits per heavy atom. The number of likely N-dealkylation sites (tertiary alicyclic amines) is 1. The van der Waals surface area contributed by atoms with Crippen LogP contribution in [0.25, 0.3) is 0 Å². The van der Waals surface area contributed by atoms with Crippen LogP contribution in [0.2, 0.25) is 0 Å². The lowest BCUT2D eigenvalue weighted by Gasteiger charge is -2.23. The first kappa shape index (κ1) is 11.9. The molecule has 2 amide bonds. The van der Waals surface area contributed by atoms with E-state index in [4.69, 9.17) is 5.11 Å². The van der Waals surface area contributed by atoms with E-state index in [2.05, 4.69) is 10.3 Å². The third-order valence-corrected chi connectivity index (χ3v) is 3.04. The van der Waals surface area contributed by atoms with E-state index in [1.54, 1.807) is 17.3 Å². The number of hydrogen-bond donors (Lipinski definition) is 2. The molecule has 0 aromatic carbocycles. The van der Waals surface area contributed by atoms with Gasteiger partial charge in [-0.1, -0.05) is 0 Å². The van der Waals surface area contributed by atoms with E-state index in [9.17, 15) is 4.79 Å². The SMILES string of the molecule is O=C(NCc1ccncc1)N1CCC[C@H]1CO. The standard InChI is InChI=1S/C12H17N3O2/c16-9-11-2-1-7-15(11)12(17)14-8-10-3-5-13-6-4-10/h3-6,11,16H,1-2,7-9H2,(H,14,17)/t11-/m0/s1. The number of nitrogens with zero attached hydrogens (tertiary/aromatic N) is 2. The molecule has 1 saturated heterocycles. The number of urea groups is 1. The first-order chi connectivity index (χ1) is 8.31. The molecule has 0 aliphatic carbocycles. The molecule has 5 nitrogen and oxygen atoms in total. The summed E-state index contributed by atoms with van der Waals surface area (Å²) in [6.45, 7) is 1.27. The van der Waals surface area contributed by atoms with Gasteiger partial charge in [0, 0.05) is 25.5 Å². The Hall–Kier alpha value is -1.62. The van der Waals surface area contributed by atoms with Gasteiger partial charge in [-0.3, -0.25) is 4.98 Å². The maximum atomic E-state index is 11.9. The average molecular weight is 235 g/mol. The second-order valence-corrected chi connectivity index (χ2v) is 4.19. The smallest absolute Gasteiger partial charge is 0.317 e. The first-order valence-corrected chi connectivity index (χ1v) is 5.85. The molecule has 1 aromatic rings. The predicted octanol–water partition coefficient (Wildman–Crippen LogP) is 0.748. The Morgan fingerprint density at radius 1 is 1.53 bits per heavy atom. The predicted molar refractivity (Wildman–Crippen MR) is 63.3 cm³/mol. The van der Waals surface area contributed by atoms with Gasteiger partial charge in [0.2, 0.25) is 0 Å². The minimum absolute atomic E-state index is 0.0209. The van der Waals surface area contributed by atoms with Gasteiger partial charge >= 0.3 is 6.03 Å². The van der Waals surface area contributed by atoms with E-state index in [1.165, 1.54) is 0 Å². The third kappa shape index (κ3) is 2.94. The lowest BCUT2D eigenvalue weighted by Crippen LogP contribution is -2.43. The van der Waals surface area contributed by atoms with Crippen LogP contribution < -0.4 is 5.32 Å². The van der Waals surface area contributed by atoms with Crippen molar-refractivity contribution in [2.24, 2.45) is 0 Å². The normalized spacial score (nSPS) is 19.4. The van der Waals surface area contributed by atoms with Crippen LogP contribution in [-0.4, -0.2) is 40.2 Å². The Kier molecular flexibility index (Phi) is 3.93. The first-order valence-electron chi connectivity index (χ1n) is 5.85. The van der Waals surface area contributed by atoms with Gasteiger partial charge < -0.3 is 15.3 Å². The van der Waals surface area contributed by atoms with E-state index in [1.807, 2.05) is 12.1 Å². The van der Waals surface area contributed by atoms with Gasteiger partial charge in [-0.2, -0.15) is 0 Å². The van der Waals surface area contributed by atoms with E-state index in [0.29, 0.717) is 6.54 Å². The molecule has 1 aliphatic rings. The van der Waals surface area contributed by atoms with Crippen molar-refractivity contribution in [1.82, 2.24) is 15.2 Å². The number of aromatic nitrogens is 1. The molecule has 0 saturated carbocycles. The molecule has 2 rings (SSSR count). The van der Waals surface area contributed by atoms with Crippen LogP contribution in [-0.2, 0) is 6.54 Å². The third-order valence-electron chi connectivity index (χ3n) is 3.04. The summed E-state index contributed by atoms with van der Waals surface area (Å²) in [5.74, 6) is 0. The second kappa shape index (κ2) is 5.63. The van der Waals surface area contributed by atoms with Crippen LogP contribution in [0.15, 0.2) is 24.5 Å². The molecule has 0 radical (unpaired) electrons. The largest absolute Gasteiger partial charge is 0.394 e. The highest BCUT2D eigenvalue weighted by atomic mass is 16.3. The molecule has 0 unspecified atom stereocenters. The highest BCUT2D eigenvalue weighted by Crippen LogP contribution is 2.16. The van der Waals surface area contributed by atoms with E-state index >= 15 is 0 Å². The quantitative estimate of drug-likeness (QED) is 0.812. The molecular weight excluding hydrogens is 218 g/mol. The van der Waals surface area contributed by atoms with Crippen LogP contribution in [0.5, 0.6) is 0 Å². The molecule has 0 bridgehead atoms. The number of hydrogen-bond acceptors (Lipinski definition) is 3. The van der Waals surface area contributed by atoms with Gasteiger partial charge in [0.1, 0.15) is 0 Å². The summed E-state index contributed by atoms with van der Waals surface area (Å²) >= 11 is 0. The number of aliphatic hydroxyl groups is 1. The van der Waals surface area contributed by atoms with Crippen molar-refractivity contribution < 1.29 is 9.90 Å². The molecule has 92 valence electrons. The zero-order valence-electron chi connectivity index (χ0n) is 9.67. The molecule has 1 fully saturated rings. The fraction of sp³-hybridized carbons (Fsp3) is 0.500. The number of carbonyl (C=O) groups excluding carboxylic acids is 1. The van der Waals surface area contributed by atoms with Gasteiger partial charge in [-0.15, -0.1) is 0 Å². The molecule has 2 N–H and O–H groups in total. The van der Waals surface area contributed by atoms with E-state index in [-0.39, 0.29) is 18.7 Å². The fourth-order valence-corrected chi connectivity index (χ4v) is 2.07. The van der Waals surface area contributed by atoms with Crippen LogP contribution >= 0.6 is 0 Å². The Labute approximate surface area is 100 Å². The number of amides is 2. The van der Waals surface area contributed by atoms with E-state index in [0.717, 1.165) is 24.9 Å². The molecular formula is C12H17N3O2. The maximum Gasteiger partial charge on any atom is 0.317 e. The second-order valence-electron chi connectivity index (χ2n) is 4.19. The zero-order chi connectivity index (χ0) is 12.1. The molecule has 5 heteroatoms. The van der Waals surface area contributed by atoms with Crippen LogP contribution in [0, 0.1) is 0 Å². The van der Waals surface area contributed by atoms with Crippen molar-refractivity contribution in [1.29, 1.82) is 0 Å². The lowest BCUT2D eigenvalue weighted by atomic mass is 10.2. The number of carbonyl (C=O) groups is 1. The highest BCUT2D eigenvalue weighted by Gasteiger charge is 2.27. The summed E-state index contributed by atoms with van der Waals surface area (Å²) in [6.07, 6.45) is 5.26. The van der Waals surface area contributed by atoms with Crippen LogP contribution in [0.4, 0.5) is 4.79 Å². The van der Waals surface area contributed by atoms with Crippen molar-refractivity contribution in [3.63, 3.8) is 0 Å². The zero-order valence-corrected chi connectivity index (χ0v) is 9.67. The fourth-order valence-electron chi connectivity index (χ4n) is 2.07. The summed E-state index contributed by atoms with van der Waals surface area (Å²) in [5.41, 5.74) is 1.02. The Morgan fingerprint density at radius 2 is 2.29 bits per heavy atom. The molecule has 2 heterocycles. The van der Waals surface area contributed by atoms with Crippen molar-refractivity contribution in [3.05, 3.63) is 30.1 Å². The van der Waals surface area contributed by atoms with E-state index < -0.39 is 0 Å². The summed E-state index contributed by atoms with van der Waals surface area (Å²) < 4.78 is 0. The summed E-state index contributed by atoms with van der Waals surface area (Å²) in [6, 6.07) is 3.62. The van der Waals surface area contributed by atoms with Crippen LogP contribution in [0.1, 0.15) is 18.4 Å². The summed E-state index contributed by atoms with van der Waals surface area (Å²) in [4.78, 5) is 17.5. The van der Waals surface area contributed by atoms with Gasteiger partial charge in [-0.25, -0.2) is 4.79 Å². The topological polar surface area (TPSA) is 65.5 Å². The van der Waals surface area contributed by atoms with Crippen molar-refractivity contribution in [2.75, 3.05) is 13.2 Å². The van der Waals surface area contributed by atoms with Crippen LogP contribution in [0.3, 0.4) is 0 Å². The Bertz CT molecular complexity index is 369. The van der Waals surface area contributed by atoms with Crippen molar-refractivity contribution in [2.45, 2.75) is 25.4 Å². The number of nitrogens with one attached hydrogen (secondary N) is 1. The van der Waals surface area contributed by atoms with Gasteiger partial charge in [0.25, 0.3) is 0 Å². The Balaban J connectivity index is 1.85.